The first kappa shape index (κ1) is 31.3. The largest absolute Gasteiger partial charge is 0.460 e. The molecule has 0 radical (unpaired) electrons. The Morgan fingerprint density at radius 1 is 0.647 bits per heavy atom. The van der Waals surface area contributed by atoms with Crippen LogP contribution in [0.4, 0.5) is 57.1 Å². The van der Waals surface area contributed by atoms with Crippen molar-refractivity contribution in [1.82, 2.24) is 9.13 Å². The third-order valence-corrected chi connectivity index (χ3v) is 5.98. The van der Waals surface area contributed by atoms with Crippen molar-refractivity contribution in [2.24, 2.45) is 5.41 Å². The molecule has 0 N–H and O–H groups in total. The summed E-state index contributed by atoms with van der Waals surface area (Å²) in [5.74, 6) is -37.0. The third kappa shape index (κ3) is 5.04. The van der Waals surface area contributed by atoms with E-state index in [0.717, 1.165) is 0 Å². The molecule has 0 unspecified atom stereocenters. The molecule has 0 amide bonds. The number of rotatable bonds is 8. The maximum atomic E-state index is 14.1. The molecule has 0 saturated heterocycles. The van der Waals surface area contributed by atoms with Gasteiger partial charge in [-0.25, -0.2) is 0 Å². The molecular formula is C16H17F13N2S3. The predicted octanol–water partition coefficient (Wildman–Crippen LogP) is 7.77. The van der Waals surface area contributed by atoms with Gasteiger partial charge in [0.1, 0.15) is 10.1 Å². The normalized spacial score (nSPS) is 15.2. The van der Waals surface area contributed by atoms with Crippen molar-refractivity contribution in [1.29, 1.82) is 0 Å². The first-order chi connectivity index (χ1) is 14.7. The topological polar surface area (TPSA) is 9.86 Å². The Bertz CT molecular complexity index is 955. The van der Waals surface area contributed by atoms with Crippen LogP contribution in [0.2, 0.25) is 0 Å². The molecule has 0 aromatic carbocycles. The van der Waals surface area contributed by atoms with Gasteiger partial charge in [0, 0.05) is 19.5 Å². The average Bonchev–Trinajstić information content (AvgIpc) is 2.80. The second kappa shape index (κ2) is 8.95. The minimum atomic E-state index is -7.93. The van der Waals surface area contributed by atoms with Crippen LogP contribution < -0.4 is 0 Å². The van der Waals surface area contributed by atoms with Crippen LogP contribution in [-0.4, -0.2) is 44.9 Å². The smallest absolute Gasteiger partial charge is 0.311 e. The summed E-state index contributed by atoms with van der Waals surface area (Å²) in [4.78, 5) is 0. The first-order valence-electron chi connectivity index (χ1n) is 8.84. The van der Waals surface area contributed by atoms with Gasteiger partial charge >= 0.3 is 35.8 Å². The van der Waals surface area contributed by atoms with E-state index in [0.29, 0.717) is 4.57 Å². The molecular weight excluding hydrogens is 563 g/mol. The fourth-order valence-corrected chi connectivity index (χ4v) is 3.67. The summed E-state index contributed by atoms with van der Waals surface area (Å²) in [6.07, 6.45) is -9.85. The van der Waals surface area contributed by atoms with E-state index >= 15 is 0 Å². The van der Waals surface area contributed by atoms with Crippen molar-refractivity contribution in [2.45, 2.75) is 86.1 Å². The highest BCUT2D eigenvalue weighted by Crippen LogP contribution is 2.60. The van der Waals surface area contributed by atoms with Crippen LogP contribution in [0, 0.1) is 10.2 Å². The Labute approximate surface area is 200 Å². The Kier molecular flexibility index (Phi) is 8.23. The highest BCUT2D eigenvalue weighted by atomic mass is 32.1. The van der Waals surface area contributed by atoms with Crippen LogP contribution in [-0.2, 0) is 13.1 Å². The van der Waals surface area contributed by atoms with Crippen molar-refractivity contribution in [2.75, 3.05) is 0 Å². The molecule has 18 heteroatoms. The van der Waals surface area contributed by atoms with Gasteiger partial charge in [-0.1, -0.05) is 20.8 Å². The first-order valence-corrected chi connectivity index (χ1v) is 10.1. The molecule has 200 valence electrons. The van der Waals surface area contributed by atoms with Crippen LogP contribution in [0.1, 0.15) is 27.2 Å². The molecule has 0 bridgehead atoms. The standard InChI is InChI=1S/C16H17F13N2S3/c1-10(2,3)6-31-8(33)7(32)30(9(31)34)5-4-11(17,18)12(19,20)13(21,22)14(23,24)15(25,26)16(27,28)29/h32-33H,4-6H2,1-3H3. The van der Waals surface area contributed by atoms with Crippen molar-refractivity contribution >= 4 is 37.5 Å². The number of imidazole rings is 1. The van der Waals surface area contributed by atoms with E-state index in [1.807, 2.05) is 0 Å². The molecule has 34 heavy (non-hydrogen) atoms. The molecule has 1 heterocycles. The molecule has 1 rings (SSSR count). The number of hydrogen-bond acceptors (Lipinski definition) is 3. The van der Waals surface area contributed by atoms with Crippen molar-refractivity contribution in [3.8, 4) is 0 Å². The Morgan fingerprint density at radius 2 is 1.03 bits per heavy atom. The van der Waals surface area contributed by atoms with Gasteiger partial charge in [-0.15, -0.1) is 25.3 Å². The molecule has 1 aromatic rings. The number of nitrogens with zero attached hydrogens (tertiary/aromatic N) is 2. The van der Waals surface area contributed by atoms with Gasteiger partial charge in [0.05, 0.1) is 0 Å². The lowest BCUT2D eigenvalue weighted by Gasteiger charge is -2.39. The van der Waals surface area contributed by atoms with Crippen LogP contribution in [0.5, 0.6) is 0 Å². The summed E-state index contributed by atoms with van der Waals surface area (Å²) in [5, 5.41) is -0.364. The van der Waals surface area contributed by atoms with E-state index in [4.69, 9.17) is 12.2 Å². The maximum absolute atomic E-state index is 14.1. The van der Waals surface area contributed by atoms with Gasteiger partial charge in [0.2, 0.25) is 0 Å². The quantitative estimate of drug-likeness (QED) is 0.182. The highest BCUT2D eigenvalue weighted by molar-refractivity contribution is 7.83. The zero-order valence-corrected chi connectivity index (χ0v) is 19.8. The molecule has 0 fully saturated rings. The third-order valence-electron chi connectivity index (χ3n) is 4.45. The lowest BCUT2D eigenvalue weighted by atomic mass is 9.92. The van der Waals surface area contributed by atoms with Crippen LogP contribution in [0.3, 0.4) is 0 Å². The van der Waals surface area contributed by atoms with Crippen molar-refractivity contribution < 1.29 is 57.1 Å². The molecule has 0 aliphatic heterocycles. The van der Waals surface area contributed by atoms with Crippen LogP contribution in [0.25, 0.3) is 0 Å². The highest BCUT2D eigenvalue weighted by Gasteiger charge is 2.90. The van der Waals surface area contributed by atoms with Gasteiger partial charge in [0.15, 0.2) is 4.77 Å². The summed E-state index contributed by atoms with van der Waals surface area (Å²) in [7, 11) is 0. The Hall–Kier alpha value is -0.780. The molecule has 0 aliphatic carbocycles. The average molecular weight is 581 g/mol. The molecule has 0 saturated carbocycles. The lowest BCUT2D eigenvalue weighted by molar-refractivity contribution is -0.440. The second-order valence-corrected chi connectivity index (χ2v) is 9.69. The summed E-state index contributed by atoms with van der Waals surface area (Å²) < 4.78 is 173. The summed E-state index contributed by atoms with van der Waals surface area (Å²) in [6, 6.07) is 0. The van der Waals surface area contributed by atoms with Crippen LogP contribution in [0.15, 0.2) is 10.1 Å². The van der Waals surface area contributed by atoms with E-state index in [2.05, 4.69) is 25.3 Å². The fourth-order valence-electron chi connectivity index (χ4n) is 2.60. The minimum Gasteiger partial charge on any atom is -0.311 e. The SMILES string of the molecule is CC(C)(C)Cn1c(S)c(S)n(CCC(F)(F)C(F)(F)C(F)(F)C(F)(F)C(F)(F)C(F)(F)F)c1=S. The fraction of sp³-hybridized carbons (Fsp3) is 0.812. The van der Waals surface area contributed by atoms with Gasteiger partial charge in [-0.2, -0.15) is 57.1 Å². The zero-order chi connectivity index (χ0) is 27.5. The number of alkyl halides is 13. The maximum Gasteiger partial charge on any atom is 0.460 e. The van der Waals surface area contributed by atoms with Crippen molar-refractivity contribution in [3.05, 3.63) is 4.77 Å². The van der Waals surface area contributed by atoms with Crippen molar-refractivity contribution in [3.63, 3.8) is 0 Å². The number of hydrogen-bond donors (Lipinski definition) is 2. The zero-order valence-electron chi connectivity index (χ0n) is 17.2. The molecule has 1 aromatic heterocycles. The molecule has 0 atom stereocenters. The predicted molar refractivity (Wildman–Crippen MR) is 103 cm³/mol. The monoisotopic (exact) mass is 580 g/mol. The van der Waals surface area contributed by atoms with E-state index < -0.39 is 54.2 Å². The lowest BCUT2D eigenvalue weighted by Crippen LogP contribution is -2.70. The van der Waals surface area contributed by atoms with Crippen LogP contribution >= 0.6 is 37.5 Å². The van der Waals surface area contributed by atoms with Gasteiger partial charge in [-0.05, 0) is 17.6 Å². The van der Waals surface area contributed by atoms with E-state index in [9.17, 15) is 57.1 Å². The number of thiol groups is 2. The molecule has 2 nitrogen and oxygen atoms in total. The number of aromatic nitrogens is 2. The number of halogens is 13. The van der Waals surface area contributed by atoms with Gasteiger partial charge < -0.3 is 9.13 Å². The minimum absolute atomic E-state index is 0.0555. The summed E-state index contributed by atoms with van der Waals surface area (Å²) >= 11 is 12.9. The summed E-state index contributed by atoms with van der Waals surface area (Å²) in [6.45, 7) is 3.86. The van der Waals surface area contributed by atoms with E-state index in [1.54, 1.807) is 20.8 Å². The molecule has 0 spiro atoms. The van der Waals surface area contributed by atoms with E-state index in [1.165, 1.54) is 4.57 Å². The van der Waals surface area contributed by atoms with Gasteiger partial charge in [-0.3, -0.25) is 0 Å². The summed E-state index contributed by atoms with van der Waals surface area (Å²) in [5.41, 5.74) is -0.490. The van der Waals surface area contributed by atoms with Gasteiger partial charge in [0.25, 0.3) is 0 Å². The van der Waals surface area contributed by atoms with E-state index in [-0.39, 0.29) is 21.4 Å². The molecule has 0 aliphatic rings. The Morgan fingerprint density at radius 3 is 1.41 bits per heavy atom. The Balaban J connectivity index is 3.39. The second-order valence-electron chi connectivity index (χ2n) is 8.48.